The summed E-state index contributed by atoms with van der Waals surface area (Å²) in [5, 5.41) is 1.83. The third kappa shape index (κ3) is 3.09. The number of nitrogen functional groups attached to an aromatic ring is 1. The summed E-state index contributed by atoms with van der Waals surface area (Å²) in [5.74, 6) is 5.87. The predicted molar refractivity (Wildman–Crippen MR) is 66.2 cm³/mol. The Morgan fingerprint density at radius 3 is 2.71 bits per heavy atom. The highest BCUT2D eigenvalue weighted by atomic mass is 79.9. The van der Waals surface area contributed by atoms with Crippen molar-refractivity contribution in [1.82, 2.24) is 0 Å². The van der Waals surface area contributed by atoms with Gasteiger partial charge in [-0.3, -0.25) is 0 Å². The molecule has 0 radical (unpaired) electrons. The van der Waals surface area contributed by atoms with Gasteiger partial charge in [0.05, 0.1) is 16.3 Å². The normalized spacial score (nSPS) is 9.36. The summed E-state index contributed by atoms with van der Waals surface area (Å²) in [6, 6.07) is 3.32. The molecule has 1 nitrogen and oxygen atoms in total. The number of benzene rings is 1. The van der Waals surface area contributed by atoms with Gasteiger partial charge in [0.25, 0.3) is 0 Å². The molecule has 0 amide bonds. The zero-order valence-corrected chi connectivity index (χ0v) is 10.4. The fraction of sp³-hybridized carbons (Fsp3) is 0.200. The monoisotopic (exact) mass is 291 g/mol. The van der Waals surface area contributed by atoms with Gasteiger partial charge in [-0.25, -0.2) is 0 Å². The quantitative estimate of drug-likeness (QED) is 0.477. The van der Waals surface area contributed by atoms with Crippen molar-refractivity contribution in [1.29, 1.82) is 0 Å². The summed E-state index contributed by atoms with van der Waals surface area (Å²) in [7, 11) is 0. The Morgan fingerprint density at radius 2 is 2.07 bits per heavy atom. The summed E-state index contributed by atoms with van der Waals surface area (Å²) >= 11 is 14.9. The maximum Gasteiger partial charge on any atom is 0.0663 e. The Labute approximate surface area is 102 Å². The molecular weight excluding hydrogens is 285 g/mol. The summed E-state index contributed by atoms with van der Waals surface area (Å²) in [6.07, 6.45) is 0.767. The van der Waals surface area contributed by atoms with E-state index in [0.717, 1.165) is 11.8 Å². The molecule has 74 valence electrons. The second kappa shape index (κ2) is 5.50. The average molecular weight is 293 g/mol. The van der Waals surface area contributed by atoms with Crippen molar-refractivity contribution < 1.29 is 0 Å². The molecule has 14 heavy (non-hydrogen) atoms. The van der Waals surface area contributed by atoms with Gasteiger partial charge < -0.3 is 5.73 Å². The minimum Gasteiger partial charge on any atom is -0.397 e. The Kier molecular flexibility index (Phi) is 4.60. The fourth-order valence-electron chi connectivity index (χ4n) is 0.893. The van der Waals surface area contributed by atoms with Crippen LogP contribution in [0.2, 0.25) is 10.0 Å². The van der Waals surface area contributed by atoms with Gasteiger partial charge in [0.15, 0.2) is 0 Å². The Hall–Kier alpha value is -0.360. The summed E-state index contributed by atoms with van der Waals surface area (Å²) < 4.78 is 0. The van der Waals surface area contributed by atoms with Gasteiger partial charge >= 0.3 is 0 Å². The van der Waals surface area contributed by atoms with E-state index in [4.69, 9.17) is 28.9 Å². The Bertz CT molecular complexity index is 393. The zero-order chi connectivity index (χ0) is 10.6. The van der Waals surface area contributed by atoms with E-state index in [2.05, 4.69) is 27.8 Å². The van der Waals surface area contributed by atoms with Crippen LogP contribution < -0.4 is 5.73 Å². The van der Waals surface area contributed by atoms with Gasteiger partial charge in [-0.05, 0) is 12.1 Å². The van der Waals surface area contributed by atoms with Crippen molar-refractivity contribution in [3.8, 4) is 11.8 Å². The molecule has 4 heteroatoms. The van der Waals surface area contributed by atoms with Crippen LogP contribution in [0, 0.1) is 11.8 Å². The number of alkyl halides is 1. The third-order valence-corrected chi connectivity index (χ3v) is 2.46. The predicted octanol–water partition coefficient (Wildman–Crippen LogP) is 3.71. The van der Waals surface area contributed by atoms with Crippen LogP contribution in [0.1, 0.15) is 12.0 Å². The molecule has 0 unspecified atom stereocenters. The molecule has 0 atom stereocenters. The molecule has 0 aliphatic heterocycles. The van der Waals surface area contributed by atoms with Gasteiger partial charge in [-0.1, -0.05) is 51.0 Å². The minimum absolute atomic E-state index is 0.445. The smallest absolute Gasteiger partial charge is 0.0663 e. The zero-order valence-electron chi connectivity index (χ0n) is 7.28. The summed E-state index contributed by atoms with van der Waals surface area (Å²) in [6.45, 7) is 0. The lowest BCUT2D eigenvalue weighted by Gasteiger charge is -2.01. The van der Waals surface area contributed by atoms with E-state index in [1.165, 1.54) is 0 Å². The lowest BCUT2D eigenvalue weighted by molar-refractivity contribution is 1.32. The van der Waals surface area contributed by atoms with Crippen molar-refractivity contribution in [2.24, 2.45) is 0 Å². The first kappa shape index (κ1) is 11.7. The van der Waals surface area contributed by atoms with Crippen molar-refractivity contribution >= 4 is 44.8 Å². The molecule has 0 saturated carbocycles. The molecule has 0 heterocycles. The van der Waals surface area contributed by atoms with Gasteiger partial charge in [0.1, 0.15) is 0 Å². The standard InChI is InChI=1S/C10H8BrCl2N/c11-4-2-1-3-7-5-8(12)6-9(13)10(7)14/h5-6H,2,4,14H2. The van der Waals surface area contributed by atoms with Crippen LogP contribution in [0.25, 0.3) is 0 Å². The highest BCUT2D eigenvalue weighted by molar-refractivity contribution is 9.09. The van der Waals surface area contributed by atoms with E-state index in [-0.39, 0.29) is 0 Å². The number of nitrogens with two attached hydrogens (primary N) is 1. The first-order chi connectivity index (χ1) is 6.65. The molecule has 0 bridgehead atoms. The van der Waals surface area contributed by atoms with Crippen LogP contribution in [0.15, 0.2) is 12.1 Å². The molecule has 0 aromatic heterocycles. The Morgan fingerprint density at radius 1 is 1.36 bits per heavy atom. The highest BCUT2D eigenvalue weighted by Gasteiger charge is 2.02. The largest absolute Gasteiger partial charge is 0.397 e. The average Bonchev–Trinajstić information content (AvgIpc) is 2.13. The van der Waals surface area contributed by atoms with Gasteiger partial charge in [0, 0.05) is 16.8 Å². The maximum absolute atomic E-state index is 5.85. The van der Waals surface area contributed by atoms with Crippen LogP contribution in [0.5, 0.6) is 0 Å². The van der Waals surface area contributed by atoms with E-state index >= 15 is 0 Å². The van der Waals surface area contributed by atoms with E-state index < -0.39 is 0 Å². The lowest BCUT2D eigenvalue weighted by Crippen LogP contribution is -1.91. The number of anilines is 1. The SMILES string of the molecule is Nc1c(Cl)cc(Cl)cc1C#CCCBr. The van der Waals surface area contributed by atoms with E-state index in [1.54, 1.807) is 12.1 Å². The number of halogens is 3. The molecule has 1 rings (SSSR count). The summed E-state index contributed by atoms with van der Waals surface area (Å²) in [4.78, 5) is 0. The molecule has 0 aliphatic rings. The van der Waals surface area contributed by atoms with Gasteiger partial charge in [0.2, 0.25) is 0 Å². The van der Waals surface area contributed by atoms with Crippen molar-refractivity contribution in [3.63, 3.8) is 0 Å². The number of hydrogen-bond acceptors (Lipinski definition) is 1. The van der Waals surface area contributed by atoms with Crippen LogP contribution in [0.3, 0.4) is 0 Å². The second-order valence-electron chi connectivity index (χ2n) is 2.59. The van der Waals surface area contributed by atoms with Gasteiger partial charge in [-0.2, -0.15) is 0 Å². The molecule has 2 N–H and O–H groups in total. The topological polar surface area (TPSA) is 26.0 Å². The second-order valence-corrected chi connectivity index (χ2v) is 4.23. The molecule has 0 saturated heterocycles. The molecule has 0 aliphatic carbocycles. The van der Waals surface area contributed by atoms with Crippen LogP contribution in [-0.4, -0.2) is 5.33 Å². The maximum atomic E-state index is 5.85. The molecular formula is C10H8BrCl2N. The number of rotatable bonds is 1. The fourth-order valence-corrected chi connectivity index (χ4v) is 1.58. The molecule has 0 fully saturated rings. The molecule has 1 aromatic rings. The highest BCUT2D eigenvalue weighted by Crippen LogP contribution is 2.26. The van der Waals surface area contributed by atoms with Crippen LogP contribution in [-0.2, 0) is 0 Å². The van der Waals surface area contributed by atoms with E-state index in [0.29, 0.717) is 21.3 Å². The summed E-state index contributed by atoms with van der Waals surface area (Å²) in [5.41, 5.74) is 6.90. The van der Waals surface area contributed by atoms with E-state index in [1.807, 2.05) is 0 Å². The van der Waals surface area contributed by atoms with Crippen molar-refractivity contribution in [2.45, 2.75) is 6.42 Å². The van der Waals surface area contributed by atoms with Crippen molar-refractivity contribution in [2.75, 3.05) is 11.1 Å². The van der Waals surface area contributed by atoms with Gasteiger partial charge in [-0.15, -0.1) is 0 Å². The van der Waals surface area contributed by atoms with Crippen LogP contribution in [0.4, 0.5) is 5.69 Å². The molecule has 1 aromatic carbocycles. The number of hydrogen-bond donors (Lipinski definition) is 1. The third-order valence-electron chi connectivity index (χ3n) is 1.54. The van der Waals surface area contributed by atoms with Crippen LogP contribution >= 0.6 is 39.1 Å². The van der Waals surface area contributed by atoms with Crippen molar-refractivity contribution in [3.05, 3.63) is 27.7 Å². The first-order valence-electron chi connectivity index (χ1n) is 3.94. The minimum atomic E-state index is 0.445. The van der Waals surface area contributed by atoms with E-state index in [9.17, 15) is 0 Å². The molecule has 0 spiro atoms. The Balaban J connectivity index is 3.04. The first-order valence-corrected chi connectivity index (χ1v) is 5.82. The lowest BCUT2D eigenvalue weighted by atomic mass is 10.2.